The topological polar surface area (TPSA) is 109 Å². The highest BCUT2D eigenvalue weighted by molar-refractivity contribution is 7.89. The van der Waals surface area contributed by atoms with Crippen LogP contribution in [0.1, 0.15) is 35.8 Å². The largest absolute Gasteiger partial charge is 0.467 e. The molecule has 2 N–H and O–H groups in total. The van der Waals surface area contributed by atoms with Crippen molar-refractivity contribution in [1.29, 1.82) is 0 Å². The van der Waals surface area contributed by atoms with Crippen LogP contribution < -0.4 is 10.0 Å². The van der Waals surface area contributed by atoms with Gasteiger partial charge in [-0.2, -0.15) is 0 Å². The highest BCUT2D eigenvalue weighted by atomic mass is 32.2. The lowest BCUT2D eigenvalue weighted by Gasteiger charge is -2.31. The number of aryl methyl sites for hydroxylation is 1. The standard InChI is InChI=1S/C32H35N3O5S/c1-2-34-41(38,39)29-18-15-25(16-19-29)17-20-31(36)35(24-27-12-7-4-8-13-27)30(22-26-10-5-3-6-11-26)32(37)33-23-28-14-9-21-40-28/h3-16,18-19,21,30,34H,2,17,20,22-24H2,1H3,(H,33,37)/t30-/m1/s1. The first-order valence-electron chi connectivity index (χ1n) is 13.6. The number of rotatable bonds is 14. The van der Waals surface area contributed by atoms with Crippen LogP contribution in [0, 0.1) is 0 Å². The number of nitrogens with zero attached hydrogens (tertiary/aromatic N) is 1. The fraction of sp³-hybridized carbons (Fsp3) is 0.250. The molecule has 0 aliphatic heterocycles. The van der Waals surface area contributed by atoms with Crippen LogP contribution in [0.5, 0.6) is 0 Å². The van der Waals surface area contributed by atoms with Crippen molar-refractivity contribution in [2.24, 2.45) is 0 Å². The molecule has 0 bridgehead atoms. The van der Waals surface area contributed by atoms with Gasteiger partial charge < -0.3 is 14.6 Å². The molecule has 41 heavy (non-hydrogen) atoms. The molecule has 4 rings (SSSR count). The molecule has 0 unspecified atom stereocenters. The summed E-state index contributed by atoms with van der Waals surface area (Å²) in [6, 6.07) is 28.5. The average molecular weight is 574 g/mol. The van der Waals surface area contributed by atoms with Crippen LogP contribution in [0.4, 0.5) is 0 Å². The summed E-state index contributed by atoms with van der Waals surface area (Å²) >= 11 is 0. The first kappa shape index (κ1) is 29.8. The Balaban J connectivity index is 1.56. The number of amides is 2. The summed E-state index contributed by atoms with van der Waals surface area (Å²) in [4.78, 5) is 29.3. The Morgan fingerprint density at radius 3 is 2.10 bits per heavy atom. The zero-order valence-corrected chi connectivity index (χ0v) is 23.8. The summed E-state index contributed by atoms with van der Waals surface area (Å²) < 4.78 is 32.4. The van der Waals surface area contributed by atoms with Crippen LogP contribution in [0.3, 0.4) is 0 Å². The lowest BCUT2D eigenvalue weighted by atomic mass is 10.0. The number of furan rings is 1. The van der Waals surface area contributed by atoms with E-state index in [2.05, 4.69) is 10.0 Å². The first-order chi connectivity index (χ1) is 19.9. The quantitative estimate of drug-likeness (QED) is 0.232. The van der Waals surface area contributed by atoms with Gasteiger partial charge in [-0.3, -0.25) is 9.59 Å². The molecular weight excluding hydrogens is 538 g/mol. The molecule has 0 spiro atoms. The lowest BCUT2D eigenvalue weighted by Crippen LogP contribution is -2.50. The fourth-order valence-corrected chi connectivity index (χ4v) is 5.58. The summed E-state index contributed by atoms with van der Waals surface area (Å²) in [5.41, 5.74) is 2.68. The Morgan fingerprint density at radius 1 is 0.829 bits per heavy atom. The van der Waals surface area contributed by atoms with Crippen molar-refractivity contribution in [2.45, 2.75) is 50.2 Å². The maximum atomic E-state index is 13.8. The van der Waals surface area contributed by atoms with Crippen molar-refractivity contribution < 1.29 is 22.4 Å². The molecule has 214 valence electrons. The zero-order valence-electron chi connectivity index (χ0n) is 23.0. The van der Waals surface area contributed by atoms with E-state index in [1.54, 1.807) is 54.5 Å². The Labute approximate surface area is 241 Å². The maximum absolute atomic E-state index is 13.8. The van der Waals surface area contributed by atoms with E-state index in [1.807, 2.05) is 60.7 Å². The summed E-state index contributed by atoms with van der Waals surface area (Å²) in [7, 11) is -3.56. The SMILES string of the molecule is CCNS(=O)(=O)c1ccc(CCC(=O)N(Cc2ccccc2)[C@H](Cc2ccccc2)C(=O)NCc2ccco2)cc1. The second-order valence-electron chi connectivity index (χ2n) is 9.66. The summed E-state index contributed by atoms with van der Waals surface area (Å²) in [6.45, 7) is 2.51. The number of carbonyl (C=O) groups excluding carboxylic acids is 2. The van der Waals surface area contributed by atoms with Gasteiger partial charge in [0.05, 0.1) is 17.7 Å². The van der Waals surface area contributed by atoms with Crippen LogP contribution in [0.25, 0.3) is 0 Å². The van der Waals surface area contributed by atoms with E-state index in [4.69, 9.17) is 4.42 Å². The molecule has 0 aliphatic carbocycles. The van der Waals surface area contributed by atoms with E-state index in [-0.39, 0.29) is 36.2 Å². The summed E-state index contributed by atoms with van der Waals surface area (Å²) in [6.07, 6.45) is 2.46. The molecule has 0 saturated heterocycles. The van der Waals surface area contributed by atoms with Gasteiger partial charge in [-0.05, 0) is 47.4 Å². The first-order valence-corrected chi connectivity index (χ1v) is 15.1. The Morgan fingerprint density at radius 2 is 1.49 bits per heavy atom. The predicted molar refractivity (Wildman–Crippen MR) is 157 cm³/mol. The Kier molecular flexibility index (Phi) is 10.5. The van der Waals surface area contributed by atoms with Crippen molar-refractivity contribution in [1.82, 2.24) is 14.9 Å². The van der Waals surface area contributed by atoms with E-state index < -0.39 is 16.1 Å². The minimum absolute atomic E-state index is 0.156. The van der Waals surface area contributed by atoms with Crippen molar-refractivity contribution in [3.05, 3.63) is 126 Å². The normalized spacial score (nSPS) is 12.0. The molecule has 1 aromatic heterocycles. The number of sulfonamides is 1. The van der Waals surface area contributed by atoms with Crippen LogP contribution in [0.15, 0.2) is 113 Å². The van der Waals surface area contributed by atoms with E-state index in [0.29, 0.717) is 25.1 Å². The Bertz CT molecular complexity index is 1490. The number of hydrogen-bond donors (Lipinski definition) is 2. The van der Waals surface area contributed by atoms with E-state index in [0.717, 1.165) is 16.7 Å². The number of nitrogens with one attached hydrogen (secondary N) is 2. The van der Waals surface area contributed by atoms with Gasteiger partial charge in [-0.1, -0.05) is 79.7 Å². The van der Waals surface area contributed by atoms with Crippen molar-refractivity contribution >= 4 is 21.8 Å². The van der Waals surface area contributed by atoms with Crippen LogP contribution in [-0.2, 0) is 45.5 Å². The van der Waals surface area contributed by atoms with Gasteiger partial charge in [0.25, 0.3) is 0 Å². The van der Waals surface area contributed by atoms with E-state index in [9.17, 15) is 18.0 Å². The second kappa shape index (κ2) is 14.4. The third-order valence-electron chi connectivity index (χ3n) is 6.68. The van der Waals surface area contributed by atoms with E-state index in [1.165, 1.54) is 0 Å². The molecule has 8 nitrogen and oxygen atoms in total. The van der Waals surface area contributed by atoms with Crippen LogP contribution in [0.2, 0.25) is 0 Å². The number of carbonyl (C=O) groups is 2. The molecule has 1 atom stereocenters. The van der Waals surface area contributed by atoms with Crippen molar-refractivity contribution in [3.63, 3.8) is 0 Å². The lowest BCUT2D eigenvalue weighted by molar-refractivity contribution is -0.141. The van der Waals surface area contributed by atoms with Crippen molar-refractivity contribution in [2.75, 3.05) is 6.54 Å². The highest BCUT2D eigenvalue weighted by Gasteiger charge is 2.30. The minimum Gasteiger partial charge on any atom is -0.467 e. The van der Waals surface area contributed by atoms with Crippen molar-refractivity contribution in [3.8, 4) is 0 Å². The van der Waals surface area contributed by atoms with Gasteiger partial charge in [0, 0.05) is 25.9 Å². The molecule has 9 heteroatoms. The molecule has 0 radical (unpaired) electrons. The smallest absolute Gasteiger partial charge is 0.243 e. The second-order valence-corrected chi connectivity index (χ2v) is 11.4. The van der Waals surface area contributed by atoms with Crippen LogP contribution in [-0.4, -0.2) is 37.7 Å². The van der Waals surface area contributed by atoms with Gasteiger partial charge in [-0.15, -0.1) is 0 Å². The van der Waals surface area contributed by atoms with Gasteiger partial charge in [0.1, 0.15) is 11.8 Å². The van der Waals surface area contributed by atoms with Gasteiger partial charge in [-0.25, -0.2) is 13.1 Å². The molecule has 4 aromatic rings. The zero-order chi connectivity index (χ0) is 29.1. The Hall–Kier alpha value is -4.21. The third kappa shape index (κ3) is 8.64. The number of benzene rings is 3. The molecule has 1 heterocycles. The molecular formula is C32H35N3O5S. The molecule has 3 aromatic carbocycles. The minimum atomic E-state index is -3.56. The predicted octanol–water partition coefficient (Wildman–Crippen LogP) is 4.47. The summed E-state index contributed by atoms with van der Waals surface area (Å²) in [5, 5.41) is 2.94. The summed E-state index contributed by atoms with van der Waals surface area (Å²) in [5.74, 6) is 0.178. The molecule has 0 fully saturated rings. The maximum Gasteiger partial charge on any atom is 0.243 e. The van der Waals surface area contributed by atoms with Gasteiger partial charge >= 0.3 is 0 Å². The average Bonchev–Trinajstić information content (AvgIpc) is 3.51. The molecule has 0 saturated carbocycles. The highest BCUT2D eigenvalue weighted by Crippen LogP contribution is 2.18. The monoisotopic (exact) mass is 573 g/mol. The van der Waals surface area contributed by atoms with Gasteiger partial charge in [0.15, 0.2) is 0 Å². The van der Waals surface area contributed by atoms with Crippen LogP contribution >= 0.6 is 0 Å². The number of hydrogen-bond acceptors (Lipinski definition) is 5. The van der Waals surface area contributed by atoms with E-state index >= 15 is 0 Å². The fourth-order valence-electron chi connectivity index (χ4n) is 4.54. The molecule has 2 amide bonds. The van der Waals surface area contributed by atoms with Gasteiger partial charge in [0.2, 0.25) is 21.8 Å². The third-order valence-corrected chi connectivity index (χ3v) is 8.24. The molecule has 0 aliphatic rings.